The third kappa shape index (κ3) is 3.49. The first-order valence-electron chi connectivity index (χ1n) is 9.21. The molecule has 0 aliphatic carbocycles. The highest BCUT2D eigenvalue weighted by molar-refractivity contribution is 7.94. The van der Waals surface area contributed by atoms with Gasteiger partial charge in [-0.1, -0.05) is 36.4 Å². The van der Waals surface area contributed by atoms with Gasteiger partial charge in [-0.3, -0.25) is 4.99 Å². The van der Waals surface area contributed by atoms with Crippen molar-refractivity contribution in [3.8, 4) is 0 Å². The number of rotatable bonds is 3. The number of sulfone groups is 1. The van der Waals surface area contributed by atoms with Gasteiger partial charge in [0.05, 0.1) is 10.8 Å². The van der Waals surface area contributed by atoms with Crippen molar-refractivity contribution in [1.29, 1.82) is 0 Å². The fraction of sp³-hybridized carbons (Fsp3) is 0.381. The first-order valence-corrected chi connectivity index (χ1v) is 10.8. The molecule has 0 amide bonds. The first kappa shape index (κ1) is 22.3. The van der Waals surface area contributed by atoms with Gasteiger partial charge in [-0.15, -0.1) is 0 Å². The van der Waals surface area contributed by atoms with E-state index in [1.807, 2.05) is 0 Å². The molecule has 0 unspecified atom stereocenters. The number of benzene rings is 2. The first-order chi connectivity index (χ1) is 13.7. The molecule has 2 N–H and O–H groups in total. The van der Waals surface area contributed by atoms with Gasteiger partial charge in [0.25, 0.3) is 0 Å². The molecular weight excluding hydrogens is 420 g/mol. The lowest BCUT2D eigenvalue weighted by molar-refractivity contribution is -0.137. The summed E-state index contributed by atoms with van der Waals surface area (Å²) in [7, 11) is -4.07. The lowest BCUT2D eigenvalue weighted by atomic mass is 9.84. The van der Waals surface area contributed by atoms with Crippen LogP contribution in [0.3, 0.4) is 0 Å². The van der Waals surface area contributed by atoms with Crippen molar-refractivity contribution in [1.82, 2.24) is 0 Å². The molecule has 0 bridgehead atoms. The van der Waals surface area contributed by atoms with Crippen molar-refractivity contribution < 1.29 is 26.0 Å². The van der Waals surface area contributed by atoms with E-state index in [2.05, 4.69) is 4.99 Å². The Morgan fingerprint density at radius 1 is 1.07 bits per heavy atom. The fourth-order valence-corrected chi connectivity index (χ4v) is 6.01. The SMILES string of the molecule is CC1(C)C(N)=N[C@](C)(c2ccccc2F)[C@@H](Cc2cccc(C(F)(F)F)c2)S1(=O)=O. The molecule has 0 saturated carbocycles. The standard InChI is InChI=1S/C21H22F4N2O2S/c1-19(2)18(26)27-20(3,15-9-4-5-10-16(15)22)17(30(19,28)29)12-13-7-6-8-14(11-13)21(23,24)25/h4-11,17H,12H2,1-3H3,(H2,26,27)/t17-,20-/m1/s1. The van der Waals surface area contributed by atoms with Gasteiger partial charge in [-0.25, -0.2) is 12.8 Å². The smallest absolute Gasteiger partial charge is 0.386 e. The molecule has 30 heavy (non-hydrogen) atoms. The Balaban J connectivity index is 2.22. The normalized spacial score (nSPS) is 25.6. The van der Waals surface area contributed by atoms with Crippen LogP contribution in [-0.4, -0.2) is 24.3 Å². The van der Waals surface area contributed by atoms with E-state index in [1.165, 1.54) is 51.1 Å². The molecule has 1 aliphatic rings. The van der Waals surface area contributed by atoms with Gasteiger partial charge in [0.1, 0.15) is 21.9 Å². The Bertz CT molecular complexity index is 1110. The summed E-state index contributed by atoms with van der Waals surface area (Å²) in [5.74, 6) is -0.839. The minimum atomic E-state index is -4.57. The van der Waals surface area contributed by atoms with Crippen LogP contribution in [0.4, 0.5) is 17.6 Å². The van der Waals surface area contributed by atoms with Crippen LogP contribution in [-0.2, 0) is 28.0 Å². The van der Waals surface area contributed by atoms with Crippen LogP contribution in [0.2, 0.25) is 0 Å². The predicted octanol–water partition coefficient (Wildman–Crippen LogP) is 4.24. The summed E-state index contributed by atoms with van der Waals surface area (Å²) in [6, 6.07) is 10.1. The molecule has 4 nitrogen and oxygen atoms in total. The Hall–Kier alpha value is -2.42. The number of alkyl halides is 3. The van der Waals surface area contributed by atoms with Crippen LogP contribution in [0.25, 0.3) is 0 Å². The molecule has 2 aromatic rings. The van der Waals surface area contributed by atoms with Crippen LogP contribution in [0.5, 0.6) is 0 Å². The number of amidine groups is 1. The van der Waals surface area contributed by atoms with Crippen LogP contribution in [0.15, 0.2) is 53.5 Å². The van der Waals surface area contributed by atoms with Crippen molar-refractivity contribution in [2.75, 3.05) is 0 Å². The molecule has 0 fully saturated rings. The second-order valence-electron chi connectivity index (χ2n) is 8.07. The minimum absolute atomic E-state index is 0.0176. The summed E-state index contributed by atoms with van der Waals surface area (Å²) >= 11 is 0. The number of hydrogen-bond acceptors (Lipinski definition) is 4. The van der Waals surface area contributed by atoms with Crippen molar-refractivity contribution in [3.63, 3.8) is 0 Å². The van der Waals surface area contributed by atoms with Crippen molar-refractivity contribution in [2.45, 2.75) is 48.9 Å². The highest BCUT2D eigenvalue weighted by Crippen LogP contribution is 2.44. The summed E-state index contributed by atoms with van der Waals surface area (Å²) in [5.41, 5.74) is 3.67. The molecule has 2 aromatic carbocycles. The highest BCUT2D eigenvalue weighted by Gasteiger charge is 2.56. The van der Waals surface area contributed by atoms with Crippen molar-refractivity contribution in [3.05, 3.63) is 71.0 Å². The van der Waals surface area contributed by atoms with E-state index in [1.54, 1.807) is 6.07 Å². The lowest BCUT2D eigenvalue weighted by Crippen LogP contribution is -2.60. The molecule has 0 spiro atoms. The summed E-state index contributed by atoms with van der Waals surface area (Å²) in [4.78, 5) is 4.40. The van der Waals surface area contributed by atoms with Crippen LogP contribution < -0.4 is 5.73 Å². The van der Waals surface area contributed by atoms with Gasteiger partial charge in [0.15, 0.2) is 9.84 Å². The average Bonchev–Trinajstić information content (AvgIpc) is 2.64. The molecule has 0 aromatic heterocycles. The third-order valence-electron chi connectivity index (χ3n) is 5.78. The largest absolute Gasteiger partial charge is 0.416 e. The molecule has 1 aliphatic heterocycles. The second-order valence-corrected chi connectivity index (χ2v) is 10.8. The van der Waals surface area contributed by atoms with Crippen LogP contribution in [0, 0.1) is 5.82 Å². The Morgan fingerprint density at radius 3 is 2.30 bits per heavy atom. The quantitative estimate of drug-likeness (QED) is 0.723. The molecule has 1 heterocycles. The monoisotopic (exact) mass is 442 g/mol. The topological polar surface area (TPSA) is 72.5 Å². The van der Waals surface area contributed by atoms with Gasteiger partial charge in [0.2, 0.25) is 0 Å². The number of nitrogens with two attached hydrogens (primary N) is 1. The third-order valence-corrected chi connectivity index (χ3v) is 8.78. The zero-order chi connectivity index (χ0) is 22.5. The highest BCUT2D eigenvalue weighted by atomic mass is 32.2. The number of nitrogens with zero attached hydrogens (tertiary/aromatic N) is 1. The second kappa shape index (κ2) is 7.08. The van der Waals surface area contributed by atoms with E-state index in [4.69, 9.17) is 5.73 Å². The van der Waals surface area contributed by atoms with Gasteiger partial charge in [0, 0.05) is 5.56 Å². The van der Waals surface area contributed by atoms with Gasteiger partial charge < -0.3 is 5.73 Å². The van der Waals surface area contributed by atoms with E-state index in [0.717, 1.165) is 12.1 Å². The fourth-order valence-electron chi connectivity index (χ4n) is 3.76. The number of aliphatic imine (C=N–C) groups is 1. The van der Waals surface area contributed by atoms with E-state index >= 15 is 0 Å². The maximum atomic E-state index is 14.7. The molecular formula is C21H22F4N2O2S. The Labute approximate surface area is 172 Å². The zero-order valence-corrected chi connectivity index (χ0v) is 17.5. The minimum Gasteiger partial charge on any atom is -0.386 e. The van der Waals surface area contributed by atoms with E-state index in [0.29, 0.717) is 0 Å². The van der Waals surface area contributed by atoms with Crippen molar-refractivity contribution in [2.24, 2.45) is 10.7 Å². The summed E-state index contributed by atoms with van der Waals surface area (Å²) < 4.78 is 79.6. The number of halogens is 4. The van der Waals surface area contributed by atoms with Gasteiger partial charge >= 0.3 is 6.18 Å². The lowest BCUT2D eigenvalue weighted by Gasteiger charge is -2.44. The molecule has 0 radical (unpaired) electrons. The maximum absolute atomic E-state index is 14.7. The molecule has 9 heteroatoms. The summed E-state index contributed by atoms with van der Waals surface area (Å²) in [5, 5.41) is -1.33. The Morgan fingerprint density at radius 2 is 1.70 bits per heavy atom. The predicted molar refractivity (Wildman–Crippen MR) is 107 cm³/mol. The molecule has 2 atom stereocenters. The van der Waals surface area contributed by atoms with E-state index in [-0.39, 0.29) is 23.4 Å². The number of hydrogen-bond donors (Lipinski definition) is 1. The molecule has 3 rings (SSSR count). The average molecular weight is 442 g/mol. The van der Waals surface area contributed by atoms with Crippen LogP contribution >= 0.6 is 0 Å². The van der Waals surface area contributed by atoms with E-state index < -0.39 is 42.9 Å². The Kier molecular flexibility index (Phi) is 5.25. The molecule has 162 valence electrons. The maximum Gasteiger partial charge on any atom is 0.416 e. The van der Waals surface area contributed by atoms with Crippen LogP contribution in [0.1, 0.15) is 37.5 Å². The molecule has 0 saturated heterocycles. The van der Waals surface area contributed by atoms with E-state index in [9.17, 15) is 26.0 Å². The zero-order valence-electron chi connectivity index (χ0n) is 16.7. The summed E-state index contributed by atoms with van der Waals surface area (Å²) in [6.07, 6.45) is -4.85. The summed E-state index contributed by atoms with van der Waals surface area (Å²) in [6.45, 7) is 4.23. The van der Waals surface area contributed by atoms with Gasteiger partial charge in [-0.2, -0.15) is 13.2 Å². The van der Waals surface area contributed by atoms with Gasteiger partial charge in [-0.05, 0) is 44.9 Å². The van der Waals surface area contributed by atoms with Crippen molar-refractivity contribution >= 4 is 15.7 Å².